The number of amides is 1. The van der Waals surface area contributed by atoms with Crippen LogP contribution in [-0.4, -0.2) is 27.3 Å². The summed E-state index contributed by atoms with van der Waals surface area (Å²) in [5.74, 6) is 0.0447. The predicted octanol–water partition coefficient (Wildman–Crippen LogP) is 2.12. The van der Waals surface area contributed by atoms with Crippen LogP contribution >= 0.6 is 11.3 Å². The van der Waals surface area contributed by atoms with E-state index in [1.807, 2.05) is 23.3 Å². The predicted molar refractivity (Wildman–Crippen MR) is 76.9 cm³/mol. The van der Waals surface area contributed by atoms with Crippen LogP contribution in [0.4, 0.5) is 0 Å². The van der Waals surface area contributed by atoms with E-state index >= 15 is 0 Å². The van der Waals surface area contributed by atoms with E-state index in [1.54, 1.807) is 6.07 Å². The number of thiophene rings is 1. The van der Waals surface area contributed by atoms with Crippen molar-refractivity contribution in [3.8, 4) is 0 Å². The maximum atomic E-state index is 12.6. The van der Waals surface area contributed by atoms with E-state index in [2.05, 4.69) is 9.97 Å². The Morgan fingerprint density at radius 3 is 3.10 bits per heavy atom. The van der Waals surface area contributed by atoms with Crippen molar-refractivity contribution in [2.75, 3.05) is 6.54 Å². The molecular formula is C14H15N3O2S. The van der Waals surface area contributed by atoms with Crippen LogP contribution in [0, 0.1) is 6.92 Å². The Morgan fingerprint density at radius 2 is 2.40 bits per heavy atom. The van der Waals surface area contributed by atoms with Crippen LogP contribution in [0.2, 0.25) is 0 Å². The summed E-state index contributed by atoms with van der Waals surface area (Å²) in [6, 6.07) is 3.63. The van der Waals surface area contributed by atoms with E-state index in [1.165, 1.54) is 17.5 Å². The van der Waals surface area contributed by atoms with Gasteiger partial charge in [-0.1, -0.05) is 0 Å². The number of likely N-dealkylation sites (tertiary alicyclic amines) is 1. The fraction of sp³-hybridized carbons (Fsp3) is 0.357. The lowest BCUT2D eigenvalue weighted by Crippen LogP contribution is -2.31. The van der Waals surface area contributed by atoms with Gasteiger partial charge in [0.15, 0.2) is 0 Å². The molecule has 0 aliphatic carbocycles. The average Bonchev–Trinajstić information content (AvgIpc) is 3.06. The van der Waals surface area contributed by atoms with Gasteiger partial charge in [-0.25, -0.2) is 9.78 Å². The molecule has 6 heteroatoms. The number of hydrogen-bond acceptors (Lipinski definition) is 4. The van der Waals surface area contributed by atoms with Gasteiger partial charge in [0.2, 0.25) is 0 Å². The number of nitrogens with zero attached hydrogens (tertiary/aromatic N) is 2. The fourth-order valence-corrected chi connectivity index (χ4v) is 3.45. The second-order valence-corrected chi connectivity index (χ2v) is 5.89. The van der Waals surface area contributed by atoms with Crippen molar-refractivity contribution in [2.24, 2.45) is 0 Å². The van der Waals surface area contributed by atoms with Crippen LogP contribution in [-0.2, 0) is 0 Å². The largest absolute Gasteiger partial charge is 0.345 e. The third-order valence-electron chi connectivity index (χ3n) is 3.51. The van der Waals surface area contributed by atoms with E-state index in [9.17, 15) is 9.59 Å². The molecule has 1 aliphatic heterocycles. The molecule has 2 aromatic heterocycles. The van der Waals surface area contributed by atoms with Crippen molar-refractivity contribution in [1.29, 1.82) is 0 Å². The molecule has 1 aliphatic rings. The molecule has 3 rings (SSSR count). The molecule has 1 amide bonds. The normalized spacial score (nSPS) is 18.4. The molecule has 5 nitrogen and oxygen atoms in total. The van der Waals surface area contributed by atoms with Gasteiger partial charge in [0.05, 0.1) is 10.9 Å². The topological polar surface area (TPSA) is 66.1 Å². The second kappa shape index (κ2) is 5.20. The molecule has 0 radical (unpaired) electrons. The quantitative estimate of drug-likeness (QED) is 0.921. The first-order valence-corrected chi connectivity index (χ1v) is 7.44. The van der Waals surface area contributed by atoms with Gasteiger partial charge >= 0.3 is 5.69 Å². The van der Waals surface area contributed by atoms with Gasteiger partial charge in [0.25, 0.3) is 5.91 Å². The third kappa shape index (κ3) is 2.38. The Kier molecular flexibility index (Phi) is 3.40. The van der Waals surface area contributed by atoms with Crippen LogP contribution in [0.25, 0.3) is 0 Å². The highest BCUT2D eigenvalue weighted by Crippen LogP contribution is 2.32. The Bertz CT molecular complexity index is 691. The number of H-pyrrole nitrogens is 1. The first-order valence-electron chi connectivity index (χ1n) is 6.56. The summed E-state index contributed by atoms with van der Waals surface area (Å²) in [4.78, 5) is 32.8. The highest BCUT2D eigenvalue weighted by molar-refractivity contribution is 7.12. The zero-order chi connectivity index (χ0) is 14.1. The average molecular weight is 289 g/mol. The minimum Gasteiger partial charge on any atom is -0.329 e. The van der Waals surface area contributed by atoms with Gasteiger partial charge in [-0.2, -0.15) is 0 Å². The smallest absolute Gasteiger partial charge is 0.329 e. The highest BCUT2D eigenvalue weighted by atomic mass is 32.1. The van der Waals surface area contributed by atoms with Crippen LogP contribution in [0.1, 0.15) is 39.8 Å². The van der Waals surface area contributed by atoms with Gasteiger partial charge in [-0.15, -0.1) is 11.3 Å². The monoisotopic (exact) mass is 289 g/mol. The molecule has 0 aromatic carbocycles. The summed E-state index contributed by atoms with van der Waals surface area (Å²) in [5, 5.41) is 1.98. The third-order valence-corrected chi connectivity index (χ3v) is 4.55. The van der Waals surface area contributed by atoms with E-state index < -0.39 is 0 Å². The number of aromatic amines is 1. The van der Waals surface area contributed by atoms with Crippen molar-refractivity contribution >= 4 is 17.2 Å². The molecular weight excluding hydrogens is 274 g/mol. The molecule has 2 aromatic rings. The van der Waals surface area contributed by atoms with Crippen LogP contribution in [0.5, 0.6) is 0 Å². The summed E-state index contributed by atoms with van der Waals surface area (Å²) in [6.45, 7) is 2.71. The maximum Gasteiger partial charge on any atom is 0.345 e. The minimum atomic E-state index is -0.367. The van der Waals surface area contributed by atoms with Gasteiger partial charge in [-0.3, -0.25) is 4.79 Å². The highest BCUT2D eigenvalue weighted by Gasteiger charge is 2.31. The molecule has 0 unspecified atom stereocenters. The van der Waals surface area contributed by atoms with Crippen LogP contribution in [0.3, 0.4) is 0 Å². The number of carbonyl (C=O) groups excluding carboxylic acids is 1. The van der Waals surface area contributed by atoms with Gasteiger partial charge < -0.3 is 9.88 Å². The molecule has 3 heterocycles. The summed E-state index contributed by atoms with van der Waals surface area (Å²) < 4.78 is 0. The van der Waals surface area contributed by atoms with E-state index in [-0.39, 0.29) is 17.6 Å². The van der Waals surface area contributed by atoms with E-state index in [0.29, 0.717) is 0 Å². The zero-order valence-corrected chi connectivity index (χ0v) is 11.9. The Hall–Kier alpha value is -1.95. The lowest BCUT2D eigenvalue weighted by Gasteiger charge is -2.24. The molecule has 0 spiro atoms. The molecule has 1 N–H and O–H groups in total. The number of carbonyl (C=O) groups is 1. The second-order valence-electron chi connectivity index (χ2n) is 4.98. The number of rotatable bonds is 2. The molecule has 104 valence electrons. The standard InChI is InChI=1S/C14H15N3O2S/c1-9-7-12(20-8-9)13(18)17-6-2-3-11(17)10-4-5-15-14(19)16-10/h4-5,7-8,11H,2-3,6H2,1H3,(H,15,16,19)/t11-/m1/s1. The summed E-state index contributed by atoms with van der Waals surface area (Å²) in [5.41, 5.74) is 1.50. The molecule has 1 atom stereocenters. The number of aromatic nitrogens is 2. The van der Waals surface area contributed by atoms with E-state index in [0.717, 1.165) is 35.5 Å². The number of hydrogen-bond donors (Lipinski definition) is 1. The first kappa shape index (κ1) is 13.1. The zero-order valence-electron chi connectivity index (χ0n) is 11.1. The SMILES string of the molecule is Cc1csc(C(=O)N2CCC[C@@H]2c2ccnc(=O)[nH]2)c1. The van der Waals surface area contributed by atoms with Crippen molar-refractivity contribution in [3.63, 3.8) is 0 Å². The van der Waals surface area contributed by atoms with Crippen LogP contribution in [0.15, 0.2) is 28.5 Å². The lowest BCUT2D eigenvalue weighted by molar-refractivity contribution is 0.0737. The Balaban J connectivity index is 1.89. The Labute approximate surface area is 120 Å². The maximum absolute atomic E-state index is 12.6. The Morgan fingerprint density at radius 1 is 1.55 bits per heavy atom. The van der Waals surface area contributed by atoms with Crippen molar-refractivity contribution in [2.45, 2.75) is 25.8 Å². The van der Waals surface area contributed by atoms with Crippen molar-refractivity contribution < 1.29 is 4.79 Å². The summed E-state index contributed by atoms with van der Waals surface area (Å²) in [6.07, 6.45) is 3.31. The number of aryl methyl sites for hydroxylation is 1. The number of nitrogens with one attached hydrogen (secondary N) is 1. The van der Waals surface area contributed by atoms with Gasteiger partial charge in [0, 0.05) is 18.4 Å². The molecule has 1 fully saturated rings. The van der Waals surface area contributed by atoms with Crippen molar-refractivity contribution in [1.82, 2.24) is 14.9 Å². The first-order chi connectivity index (χ1) is 9.65. The van der Waals surface area contributed by atoms with Gasteiger partial charge in [-0.05, 0) is 42.8 Å². The molecule has 0 saturated carbocycles. The summed E-state index contributed by atoms with van der Waals surface area (Å²) >= 11 is 1.47. The molecule has 0 bridgehead atoms. The minimum absolute atomic E-state index is 0.0447. The fourth-order valence-electron chi connectivity index (χ4n) is 2.60. The van der Waals surface area contributed by atoms with Crippen LogP contribution < -0.4 is 5.69 Å². The van der Waals surface area contributed by atoms with Gasteiger partial charge in [0.1, 0.15) is 0 Å². The van der Waals surface area contributed by atoms with E-state index in [4.69, 9.17) is 0 Å². The lowest BCUT2D eigenvalue weighted by atomic mass is 10.1. The van der Waals surface area contributed by atoms with Crippen molar-refractivity contribution in [3.05, 3.63) is 50.3 Å². The molecule has 20 heavy (non-hydrogen) atoms. The summed E-state index contributed by atoms with van der Waals surface area (Å²) in [7, 11) is 0. The molecule has 1 saturated heterocycles.